The van der Waals surface area contributed by atoms with Gasteiger partial charge in [-0.25, -0.2) is 0 Å². The molecule has 8 heteroatoms. The topological polar surface area (TPSA) is 54.9 Å². The highest BCUT2D eigenvalue weighted by Gasteiger charge is 2.29. The number of hydrogen-bond acceptors (Lipinski definition) is 4. The van der Waals surface area contributed by atoms with E-state index in [-0.39, 0.29) is 5.91 Å². The Hall–Kier alpha value is 0.470. The van der Waals surface area contributed by atoms with E-state index in [9.17, 15) is 4.79 Å². The quantitative estimate of drug-likeness (QED) is 0.767. The summed E-state index contributed by atoms with van der Waals surface area (Å²) in [7, 11) is 0. The highest BCUT2D eigenvalue weighted by atomic mass is 80.0. The Balaban J connectivity index is 2.65. The van der Waals surface area contributed by atoms with Crippen molar-refractivity contribution in [3.8, 4) is 0 Å². The molecule has 0 aliphatic rings. The molecule has 1 N–H and O–H groups in total. The Morgan fingerprint density at radius 1 is 1.50 bits per heavy atom. The number of aryl methyl sites for hydroxylation is 1. The average molecular weight is 408 g/mol. The van der Waals surface area contributed by atoms with E-state index in [1.807, 2.05) is 6.92 Å². The first-order valence-electron chi connectivity index (χ1n) is 3.64. The number of rotatable bonds is 2. The lowest BCUT2D eigenvalue weighted by Gasteiger charge is -2.09. The second-order valence-corrected chi connectivity index (χ2v) is 10.1. The van der Waals surface area contributed by atoms with Crippen molar-refractivity contribution in [3.63, 3.8) is 0 Å². The fourth-order valence-electron chi connectivity index (χ4n) is 0.615. The van der Waals surface area contributed by atoms with Crippen LogP contribution in [-0.2, 0) is 11.2 Å². The minimum Gasteiger partial charge on any atom is -0.298 e. The average Bonchev–Trinajstić information content (AvgIpc) is 2.50. The van der Waals surface area contributed by atoms with E-state index in [2.05, 4.69) is 63.3 Å². The molecule has 0 saturated carbocycles. The van der Waals surface area contributed by atoms with Crippen molar-refractivity contribution in [2.24, 2.45) is 0 Å². The number of anilines is 1. The number of hydrogen-bond donors (Lipinski definition) is 1. The molecule has 14 heavy (non-hydrogen) atoms. The Labute approximate surface area is 110 Å². The molecule has 0 aliphatic heterocycles. The summed E-state index contributed by atoms with van der Waals surface area (Å²) < 4.78 is -0.953. The van der Waals surface area contributed by atoms with E-state index in [1.54, 1.807) is 0 Å². The molecular weight excluding hydrogens is 402 g/mol. The first kappa shape index (κ1) is 12.5. The van der Waals surface area contributed by atoms with Gasteiger partial charge in [-0.1, -0.05) is 18.3 Å². The van der Waals surface area contributed by atoms with Crippen molar-refractivity contribution in [2.75, 3.05) is 5.32 Å². The van der Waals surface area contributed by atoms with Crippen molar-refractivity contribution in [2.45, 2.75) is 15.5 Å². The zero-order valence-electron chi connectivity index (χ0n) is 7.05. The van der Waals surface area contributed by atoms with Gasteiger partial charge in [0.1, 0.15) is 5.01 Å². The molecule has 0 aromatic carbocycles. The van der Waals surface area contributed by atoms with Crippen LogP contribution in [-0.4, -0.2) is 18.2 Å². The third-order valence-electron chi connectivity index (χ3n) is 1.25. The predicted octanol–water partition coefficient (Wildman–Crippen LogP) is 2.88. The number of alkyl halides is 3. The van der Waals surface area contributed by atoms with Crippen LogP contribution in [0.2, 0.25) is 0 Å². The first-order valence-corrected chi connectivity index (χ1v) is 6.83. The van der Waals surface area contributed by atoms with Crippen molar-refractivity contribution in [3.05, 3.63) is 5.01 Å². The monoisotopic (exact) mass is 405 g/mol. The van der Waals surface area contributed by atoms with Crippen molar-refractivity contribution in [1.82, 2.24) is 10.2 Å². The van der Waals surface area contributed by atoms with Gasteiger partial charge in [0, 0.05) is 0 Å². The Morgan fingerprint density at radius 3 is 2.57 bits per heavy atom. The molecule has 1 heterocycles. The van der Waals surface area contributed by atoms with Gasteiger partial charge < -0.3 is 0 Å². The van der Waals surface area contributed by atoms with E-state index < -0.39 is 2.14 Å². The minimum atomic E-state index is -0.953. The Kier molecular flexibility index (Phi) is 4.48. The lowest BCUT2D eigenvalue weighted by molar-refractivity contribution is -0.114. The molecule has 0 atom stereocenters. The standard InChI is InChI=1S/C6H6Br3N3OS/c1-2-3-11-12-5(14-3)10-4(13)6(7,8)9/h2H2,1H3,(H,10,12,13). The van der Waals surface area contributed by atoms with Crippen LogP contribution in [0.1, 0.15) is 11.9 Å². The zero-order chi connectivity index (χ0) is 10.8. The SMILES string of the molecule is CCc1nnc(NC(=O)C(Br)(Br)Br)s1. The smallest absolute Gasteiger partial charge is 0.264 e. The van der Waals surface area contributed by atoms with Gasteiger partial charge in [0.25, 0.3) is 5.91 Å². The highest BCUT2D eigenvalue weighted by molar-refractivity contribution is 9.40. The number of amides is 1. The van der Waals surface area contributed by atoms with E-state index in [4.69, 9.17) is 0 Å². The Bertz CT molecular complexity index is 335. The van der Waals surface area contributed by atoms with Gasteiger partial charge in [-0.2, -0.15) is 0 Å². The number of nitrogens with one attached hydrogen (secondary N) is 1. The van der Waals surface area contributed by atoms with Crippen LogP contribution in [0.4, 0.5) is 5.13 Å². The summed E-state index contributed by atoms with van der Waals surface area (Å²) in [6, 6.07) is 0. The van der Waals surface area contributed by atoms with Crippen LogP contribution in [0.15, 0.2) is 0 Å². The molecule has 1 amide bonds. The maximum atomic E-state index is 11.4. The summed E-state index contributed by atoms with van der Waals surface area (Å²) in [5.41, 5.74) is 0. The second kappa shape index (κ2) is 5.00. The number of halogens is 3. The van der Waals surface area contributed by atoms with Gasteiger partial charge >= 0.3 is 0 Å². The second-order valence-electron chi connectivity index (χ2n) is 2.31. The van der Waals surface area contributed by atoms with Crippen LogP contribution in [0.3, 0.4) is 0 Å². The van der Waals surface area contributed by atoms with E-state index in [1.165, 1.54) is 11.3 Å². The van der Waals surface area contributed by atoms with Crippen molar-refractivity contribution < 1.29 is 4.79 Å². The summed E-state index contributed by atoms with van der Waals surface area (Å²) >= 11 is 10.7. The summed E-state index contributed by atoms with van der Waals surface area (Å²) in [5.74, 6) is -0.281. The van der Waals surface area contributed by atoms with Gasteiger partial charge in [0.15, 0.2) is 0 Å². The lowest BCUT2D eigenvalue weighted by atomic mass is 10.5. The van der Waals surface area contributed by atoms with Gasteiger partial charge in [-0.3, -0.25) is 10.1 Å². The molecule has 1 aromatic rings. The van der Waals surface area contributed by atoms with Crippen molar-refractivity contribution >= 4 is 70.2 Å². The molecule has 0 unspecified atom stereocenters. The van der Waals surface area contributed by atoms with Crippen LogP contribution < -0.4 is 5.32 Å². The predicted molar refractivity (Wildman–Crippen MR) is 67.4 cm³/mol. The maximum Gasteiger partial charge on any atom is 0.264 e. The van der Waals surface area contributed by atoms with Gasteiger partial charge in [-0.15, -0.1) is 10.2 Å². The maximum absolute atomic E-state index is 11.4. The first-order chi connectivity index (χ1) is 6.43. The number of carbonyl (C=O) groups is 1. The lowest BCUT2D eigenvalue weighted by Crippen LogP contribution is -2.25. The van der Waals surface area contributed by atoms with Gasteiger partial charge in [0.2, 0.25) is 7.27 Å². The normalized spacial score (nSPS) is 11.4. The van der Waals surface area contributed by atoms with E-state index in [0.717, 1.165) is 11.4 Å². The van der Waals surface area contributed by atoms with Gasteiger partial charge in [-0.05, 0) is 54.2 Å². The van der Waals surface area contributed by atoms with Gasteiger partial charge in [0.05, 0.1) is 0 Å². The molecule has 0 fully saturated rings. The minimum absolute atomic E-state index is 0.281. The molecular formula is C6H6Br3N3OS. The molecule has 0 radical (unpaired) electrons. The van der Waals surface area contributed by atoms with Crippen LogP contribution in [0.25, 0.3) is 0 Å². The van der Waals surface area contributed by atoms with Crippen LogP contribution in [0.5, 0.6) is 0 Å². The number of aromatic nitrogens is 2. The summed E-state index contributed by atoms with van der Waals surface area (Å²) in [5, 5.41) is 11.7. The number of carbonyl (C=O) groups excluding carboxylic acids is 1. The molecule has 1 rings (SSSR count). The highest BCUT2D eigenvalue weighted by Crippen LogP contribution is 2.34. The molecule has 78 valence electrons. The molecule has 0 spiro atoms. The summed E-state index contributed by atoms with van der Waals surface area (Å²) in [6.45, 7) is 1.98. The van der Waals surface area contributed by atoms with Crippen molar-refractivity contribution in [1.29, 1.82) is 0 Å². The molecule has 1 aromatic heterocycles. The van der Waals surface area contributed by atoms with Crippen LogP contribution >= 0.6 is 59.1 Å². The molecule has 0 bridgehead atoms. The third-order valence-corrected chi connectivity index (χ3v) is 3.31. The van der Waals surface area contributed by atoms with E-state index >= 15 is 0 Å². The largest absolute Gasteiger partial charge is 0.298 e. The zero-order valence-corrected chi connectivity index (χ0v) is 12.6. The number of nitrogens with zero attached hydrogens (tertiary/aromatic N) is 2. The molecule has 0 aliphatic carbocycles. The molecule has 4 nitrogen and oxygen atoms in total. The fraction of sp³-hybridized carbons (Fsp3) is 0.500. The van der Waals surface area contributed by atoms with Crippen LogP contribution in [0, 0.1) is 0 Å². The third kappa shape index (κ3) is 3.56. The fourth-order valence-corrected chi connectivity index (χ4v) is 1.59. The van der Waals surface area contributed by atoms with E-state index in [0.29, 0.717) is 5.13 Å². The Morgan fingerprint density at radius 2 is 2.14 bits per heavy atom. The molecule has 0 saturated heterocycles. The summed E-state index contributed by atoms with van der Waals surface area (Å²) in [4.78, 5) is 11.4. The summed E-state index contributed by atoms with van der Waals surface area (Å²) in [6.07, 6.45) is 0.815.